The summed E-state index contributed by atoms with van der Waals surface area (Å²) in [5.41, 5.74) is 10.7. The molecule has 0 aliphatic carbocycles. The number of anilines is 4. The van der Waals surface area contributed by atoms with Gasteiger partial charge in [-0.05, 0) is 42.1 Å². The number of nitrogens with two attached hydrogens (primary N) is 1. The molecule has 172 valence electrons. The van der Waals surface area contributed by atoms with E-state index in [1.54, 1.807) is 11.6 Å². The molecule has 0 fully saturated rings. The SMILES string of the molecule is Cc1ccc2c(Nc3ccc4ccn(C)c4c3)nccc2c1NC(=O)c1csc2c(N)ncnc12. The van der Waals surface area contributed by atoms with Gasteiger partial charge >= 0.3 is 0 Å². The second-order valence-electron chi connectivity index (χ2n) is 8.38. The van der Waals surface area contributed by atoms with E-state index in [4.69, 9.17) is 5.73 Å². The largest absolute Gasteiger partial charge is 0.382 e. The fourth-order valence-corrected chi connectivity index (χ4v) is 5.22. The van der Waals surface area contributed by atoms with Crippen molar-refractivity contribution in [3.05, 3.63) is 77.7 Å². The zero-order chi connectivity index (χ0) is 24.1. The van der Waals surface area contributed by atoms with Crippen molar-refractivity contribution in [2.75, 3.05) is 16.4 Å². The van der Waals surface area contributed by atoms with Crippen molar-refractivity contribution in [2.24, 2.45) is 7.05 Å². The number of nitrogen functional groups attached to an aromatic ring is 1. The average molecular weight is 480 g/mol. The highest BCUT2D eigenvalue weighted by atomic mass is 32.1. The normalized spacial score (nSPS) is 11.4. The highest BCUT2D eigenvalue weighted by molar-refractivity contribution is 7.18. The van der Waals surface area contributed by atoms with Gasteiger partial charge in [0, 0.05) is 46.8 Å². The number of carbonyl (C=O) groups is 1. The van der Waals surface area contributed by atoms with E-state index in [-0.39, 0.29) is 5.91 Å². The van der Waals surface area contributed by atoms with E-state index in [1.807, 2.05) is 44.4 Å². The highest BCUT2D eigenvalue weighted by Gasteiger charge is 2.18. The Morgan fingerprint density at radius 3 is 2.83 bits per heavy atom. The van der Waals surface area contributed by atoms with Crippen molar-refractivity contribution < 1.29 is 4.79 Å². The molecule has 0 spiro atoms. The number of hydrogen-bond acceptors (Lipinski definition) is 7. The van der Waals surface area contributed by atoms with Crippen LogP contribution in [0.5, 0.6) is 0 Å². The number of aryl methyl sites for hydroxylation is 2. The predicted octanol–water partition coefficient (Wildman–Crippen LogP) is 5.62. The van der Waals surface area contributed by atoms with E-state index >= 15 is 0 Å². The van der Waals surface area contributed by atoms with Crippen molar-refractivity contribution in [2.45, 2.75) is 6.92 Å². The number of amides is 1. The van der Waals surface area contributed by atoms with Crippen LogP contribution in [0.1, 0.15) is 15.9 Å². The first kappa shape index (κ1) is 21.1. The van der Waals surface area contributed by atoms with Crippen molar-refractivity contribution in [1.29, 1.82) is 0 Å². The maximum Gasteiger partial charge on any atom is 0.258 e. The van der Waals surface area contributed by atoms with Crippen LogP contribution in [0.4, 0.5) is 23.0 Å². The van der Waals surface area contributed by atoms with Gasteiger partial charge < -0.3 is 20.9 Å². The molecule has 9 heteroatoms. The van der Waals surface area contributed by atoms with Crippen LogP contribution in [0.2, 0.25) is 0 Å². The van der Waals surface area contributed by atoms with Crippen LogP contribution in [0, 0.1) is 6.92 Å². The Labute approximate surface area is 204 Å². The molecule has 0 unspecified atom stereocenters. The number of carbonyl (C=O) groups excluding carboxylic acids is 1. The van der Waals surface area contributed by atoms with Crippen molar-refractivity contribution in [3.63, 3.8) is 0 Å². The first-order valence-electron chi connectivity index (χ1n) is 11.0. The van der Waals surface area contributed by atoms with Crippen LogP contribution in [-0.2, 0) is 7.05 Å². The first-order chi connectivity index (χ1) is 17.0. The number of nitrogens with one attached hydrogen (secondary N) is 2. The molecule has 0 bridgehead atoms. The molecule has 2 aromatic carbocycles. The molecule has 35 heavy (non-hydrogen) atoms. The Balaban J connectivity index is 1.38. The van der Waals surface area contributed by atoms with E-state index in [1.165, 1.54) is 23.1 Å². The second-order valence-corrected chi connectivity index (χ2v) is 9.26. The van der Waals surface area contributed by atoms with E-state index in [0.717, 1.165) is 33.2 Å². The second kappa shape index (κ2) is 8.07. The quantitative estimate of drug-likeness (QED) is 0.303. The van der Waals surface area contributed by atoms with Gasteiger partial charge in [-0.15, -0.1) is 11.3 Å². The Kier molecular flexibility index (Phi) is 4.85. The number of thiophene rings is 1. The summed E-state index contributed by atoms with van der Waals surface area (Å²) in [7, 11) is 2.02. The summed E-state index contributed by atoms with van der Waals surface area (Å²) in [4.78, 5) is 26.1. The topological polar surface area (TPSA) is 111 Å². The maximum atomic E-state index is 13.3. The van der Waals surface area contributed by atoms with Gasteiger partial charge in [0.25, 0.3) is 5.91 Å². The zero-order valence-electron chi connectivity index (χ0n) is 19.0. The van der Waals surface area contributed by atoms with E-state index in [2.05, 4.69) is 48.4 Å². The van der Waals surface area contributed by atoms with E-state index in [9.17, 15) is 4.79 Å². The minimum absolute atomic E-state index is 0.245. The van der Waals surface area contributed by atoms with Gasteiger partial charge in [-0.25, -0.2) is 15.0 Å². The number of hydrogen-bond donors (Lipinski definition) is 3. The number of rotatable bonds is 4. The van der Waals surface area contributed by atoms with E-state index < -0.39 is 0 Å². The molecular formula is C26H21N7OS. The summed E-state index contributed by atoms with van der Waals surface area (Å²) in [6.07, 6.45) is 5.16. The Bertz CT molecular complexity index is 1770. The average Bonchev–Trinajstić information content (AvgIpc) is 3.46. The monoisotopic (exact) mass is 479 g/mol. The lowest BCUT2D eigenvalue weighted by Gasteiger charge is -2.15. The summed E-state index contributed by atoms with van der Waals surface area (Å²) in [5.74, 6) is 0.842. The van der Waals surface area contributed by atoms with Gasteiger partial charge in [0.05, 0.1) is 21.5 Å². The Morgan fingerprint density at radius 1 is 1.06 bits per heavy atom. The Hall–Kier alpha value is -4.50. The van der Waals surface area contributed by atoms with Crippen LogP contribution in [0.25, 0.3) is 31.9 Å². The smallest absolute Gasteiger partial charge is 0.258 e. The lowest BCUT2D eigenvalue weighted by Crippen LogP contribution is -2.13. The predicted molar refractivity (Wildman–Crippen MR) is 142 cm³/mol. The van der Waals surface area contributed by atoms with Crippen LogP contribution >= 0.6 is 11.3 Å². The summed E-state index contributed by atoms with van der Waals surface area (Å²) in [6, 6.07) is 14.2. The number of fused-ring (bicyclic) bond motifs is 3. The molecule has 6 rings (SSSR count). The Morgan fingerprint density at radius 2 is 1.94 bits per heavy atom. The van der Waals surface area contributed by atoms with Crippen LogP contribution < -0.4 is 16.4 Å². The van der Waals surface area contributed by atoms with Gasteiger partial charge in [0.1, 0.15) is 18.0 Å². The highest BCUT2D eigenvalue weighted by Crippen LogP contribution is 2.34. The third kappa shape index (κ3) is 3.53. The molecule has 8 nitrogen and oxygen atoms in total. The molecule has 0 radical (unpaired) electrons. The lowest BCUT2D eigenvalue weighted by molar-refractivity contribution is 0.102. The molecular weight excluding hydrogens is 458 g/mol. The summed E-state index contributed by atoms with van der Waals surface area (Å²) >= 11 is 1.36. The lowest BCUT2D eigenvalue weighted by atomic mass is 10.0. The molecule has 0 saturated carbocycles. The summed E-state index contributed by atoms with van der Waals surface area (Å²) in [6.45, 7) is 1.97. The number of benzene rings is 2. The molecule has 6 aromatic rings. The molecule has 0 saturated heterocycles. The van der Waals surface area contributed by atoms with Gasteiger partial charge in [-0.2, -0.15) is 0 Å². The van der Waals surface area contributed by atoms with Crippen LogP contribution in [-0.4, -0.2) is 25.4 Å². The van der Waals surface area contributed by atoms with Gasteiger partial charge in [-0.3, -0.25) is 4.79 Å². The molecule has 0 aliphatic rings. The fourth-order valence-electron chi connectivity index (χ4n) is 4.32. The summed E-state index contributed by atoms with van der Waals surface area (Å²) in [5, 5.41) is 11.3. The zero-order valence-corrected chi connectivity index (χ0v) is 19.9. The summed E-state index contributed by atoms with van der Waals surface area (Å²) < 4.78 is 2.79. The van der Waals surface area contributed by atoms with Crippen molar-refractivity contribution in [1.82, 2.24) is 19.5 Å². The van der Waals surface area contributed by atoms with Crippen molar-refractivity contribution in [3.8, 4) is 0 Å². The first-order valence-corrected chi connectivity index (χ1v) is 11.9. The van der Waals surface area contributed by atoms with Gasteiger partial charge in [0.2, 0.25) is 0 Å². The third-order valence-corrected chi connectivity index (χ3v) is 7.16. The number of nitrogens with zero attached hydrogens (tertiary/aromatic N) is 4. The van der Waals surface area contributed by atoms with Crippen LogP contribution in [0.3, 0.4) is 0 Å². The minimum Gasteiger partial charge on any atom is -0.382 e. The molecule has 0 aliphatic heterocycles. The molecule has 4 N–H and O–H groups in total. The number of pyridine rings is 1. The van der Waals surface area contributed by atoms with Crippen molar-refractivity contribution >= 4 is 72.1 Å². The van der Waals surface area contributed by atoms with E-state index in [0.29, 0.717) is 27.4 Å². The molecule has 4 aromatic heterocycles. The van der Waals surface area contributed by atoms with Crippen LogP contribution in [0.15, 0.2) is 66.6 Å². The molecule has 4 heterocycles. The number of aromatic nitrogens is 4. The minimum atomic E-state index is -0.245. The van der Waals surface area contributed by atoms with Gasteiger partial charge in [0.15, 0.2) is 0 Å². The van der Waals surface area contributed by atoms with Gasteiger partial charge in [-0.1, -0.05) is 18.2 Å². The third-order valence-electron chi connectivity index (χ3n) is 6.17. The maximum absolute atomic E-state index is 13.3. The molecule has 0 atom stereocenters. The fraction of sp³-hybridized carbons (Fsp3) is 0.0769. The molecule has 1 amide bonds. The standard InChI is InChI=1S/C26H21N7OS/c1-14-3-6-18-17(21(14)32-26(34)19-12-35-23-22(19)29-13-30-24(23)27)7-9-28-25(18)31-16-5-4-15-8-10-33(2)20(15)11-16/h3-13H,1-2H3,(H,28,31)(H,32,34)(H2,27,29,30).